The van der Waals surface area contributed by atoms with E-state index in [-0.39, 0.29) is 0 Å². The van der Waals surface area contributed by atoms with Crippen LogP contribution in [0, 0.1) is 5.92 Å². The Balaban J connectivity index is 2.04. The van der Waals surface area contributed by atoms with Gasteiger partial charge in [-0.2, -0.15) is 0 Å². The normalized spacial score (nSPS) is 11.7. The Morgan fingerprint density at radius 1 is 1.39 bits per heavy atom. The summed E-state index contributed by atoms with van der Waals surface area (Å²) in [5, 5.41) is 3.50. The number of likely N-dealkylation sites (N-methyl/N-ethyl adjacent to an activating group) is 1. The van der Waals surface area contributed by atoms with Crippen LogP contribution in [0.15, 0.2) is 12.4 Å². The molecular formula is C14H28N4. The minimum atomic E-state index is 0.817. The van der Waals surface area contributed by atoms with Crippen LogP contribution < -0.4 is 5.32 Å². The first-order chi connectivity index (χ1) is 8.59. The van der Waals surface area contributed by atoms with Gasteiger partial charge in [-0.3, -0.25) is 4.90 Å². The predicted molar refractivity (Wildman–Crippen MR) is 76.5 cm³/mol. The summed E-state index contributed by atoms with van der Waals surface area (Å²) in [5.41, 5.74) is 0. The van der Waals surface area contributed by atoms with E-state index >= 15 is 0 Å². The van der Waals surface area contributed by atoms with Crippen molar-refractivity contribution in [1.29, 1.82) is 0 Å². The van der Waals surface area contributed by atoms with Crippen LogP contribution in [-0.2, 0) is 13.6 Å². The smallest absolute Gasteiger partial charge is 0.122 e. The Labute approximate surface area is 111 Å². The molecule has 0 aliphatic rings. The van der Waals surface area contributed by atoms with Crippen molar-refractivity contribution < 1.29 is 0 Å². The van der Waals surface area contributed by atoms with Crippen LogP contribution in [0.3, 0.4) is 0 Å². The number of hydrogen-bond acceptors (Lipinski definition) is 3. The lowest BCUT2D eigenvalue weighted by molar-refractivity contribution is 0.312. The molecule has 1 aromatic rings. The molecule has 0 aliphatic carbocycles. The van der Waals surface area contributed by atoms with Crippen LogP contribution in [0.2, 0.25) is 0 Å². The van der Waals surface area contributed by atoms with E-state index < -0.39 is 0 Å². The molecule has 0 aliphatic heterocycles. The van der Waals surface area contributed by atoms with Gasteiger partial charge in [-0.1, -0.05) is 13.8 Å². The molecule has 0 saturated carbocycles. The Morgan fingerprint density at radius 3 is 2.78 bits per heavy atom. The first-order valence-electron chi connectivity index (χ1n) is 6.95. The zero-order valence-electron chi connectivity index (χ0n) is 12.3. The van der Waals surface area contributed by atoms with E-state index in [1.807, 2.05) is 19.4 Å². The molecule has 0 amide bonds. The second-order valence-corrected chi connectivity index (χ2v) is 5.48. The lowest BCUT2D eigenvalue weighted by atomic mass is 10.1. The maximum atomic E-state index is 4.33. The molecule has 4 nitrogen and oxygen atoms in total. The quantitative estimate of drug-likeness (QED) is 0.681. The molecule has 1 N–H and O–H groups in total. The maximum absolute atomic E-state index is 4.33. The number of aryl methyl sites for hydroxylation is 1. The summed E-state index contributed by atoms with van der Waals surface area (Å²) in [6.07, 6.45) is 6.44. The highest BCUT2D eigenvalue weighted by atomic mass is 15.2. The molecule has 0 radical (unpaired) electrons. The number of rotatable bonds is 9. The molecule has 1 rings (SSSR count). The Hall–Kier alpha value is -0.870. The number of aromatic nitrogens is 2. The average molecular weight is 252 g/mol. The van der Waals surface area contributed by atoms with Gasteiger partial charge >= 0.3 is 0 Å². The molecule has 18 heavy (non-hydrogen) atoms. The largest absolute Gasteiger partial charge is 0.337 e. The van der Waals surface area contributed by atoms with E-state index in [2.05, 4.69) is 40.7 Å². The van der Waals surface area contributed by atoms with Gasteiger partial charge in [0.15, 0.2) is 0 Å². The summed E-state index contributed by atoms with van der Waals surface area (Å²) in [7, 11) is 4.19. The van der Waals surface area contributed by atoms with Crippen molar-refractivity contribution in [1.82, 2.24) is 19.8 Å². The van der Waals surface area contributed by atoms with Gasteiger partial charge in [0.25, 0.3) is 0 Å². The van der Waals surface area contributed by atoms with Crippen LogP contribution in [0.5, 0.6) is 0 Å². The molecule has 0 saturated heterocycles. The Morgan fingerprint density at radius 2 is 2.17 bits per heavy atom. The van der Waals surface area contributed by atoms with Crippen molar-refractivity contribution in [2.45, 2.75) is 33.2 Å². The van der Waals surface area contributed by atoms with Gasteiger partial charge in [0.1, 0.15) is 5.82 Å². The zero-order chi connectivity index (χ0) is 13.4. The first-order valence-corrected chi connectivity index (χ1v) is 6.95. The number of nitrogens with zero attached hydrogens (tertiary/aromatic N) is 3. The van der Waals surface area contributed by atoms with E-state index in [0.29, 0.717) is 0 Å². The summed E-state index contributed by atoms with van der Waals surface area (Å²) in [6.45, 7) is 8.72. The third kappa shape index (κ3) is 6.17. The van der Waals surface area contributed by atoms with E-state index in [4.69, 9.17) is 0 Å². The molecular weight excluding hydrogens is 224 g/mol. The monoisotopic (exact) mass is 252 g/mol. The molecule has 0 unspecified atom stereocenters. The minimum absolute atomic E-state index is 0.817. The molecule has 0 bridgehead atoms. The highest BCUT2D eigenvalue weighted by molar-refractivity contribution is 4.90. The van der Waals surface area contributed by atoms with Crippen LogP contribution in [0.25, 0.3) is 0 Å². The topological polar surface area (TPSA) is 33.1 Å². The lowest BCUT2D eigenvalue weighted by Crippen LogP contribution is -2.30. The van der Waals surface area contributed by atoms with Crippen molar-refractivity contribution in [2.24, 2.45) is 13.0 Å². The average Bonchev–Trinajstić information content (AvgIpc) is 2.69. The summed E-state index contributed by atoms with van der Waals surface area (Å²) >= 11 is 0. The fraction of sp³-hybridized carbons (Fsp3) is 0.786. The van der Waals surface area contributed by atoms with Crippen molar-refractivity contribution in [3.63, 3.8) is 0 Å². The molecule has 1 heterocycles. The first kappa shape index (κ1) is 15.2. The second-order valence-electron chi connectivity index (χ2n) is 5.48. The maximum Gasteiger partial charge on any atom is 0.122 e. The van der Waals surface area contributed by atoms with E-state index in [1.54, 1.807) is 0 Å². The number of imidazole rings is 1. The van der Waals surface area contributed by atoms with Gasteiger partial charge in [0, 0.05) is 32.5 Å². The predicted octanol–water partition coefficient (Wildman–Crippen LogP) is 1.88. The van der Waals surface area contributed by atoms with Crippen molar-refractivity contribution in [2.75, 3.05) is 26.7 Å². The summed E-state index contributed by atoms with van der Waals surface area (Å²) in [6, 6.07) is 0. The standard InChI is InChI=1S/C14H28N4/c1-13(2)6-5-7-15-8-10-17(3)12-14-16-9-11-18(14)4/h9,11,13,15H,5-8,10,12H2,1-4H3. The Bertz CT molecular complexity index is 319. The molecule has 0 aromatic carbocycles. The number of hydrogen-bond donors (Lipinski definition) is 1. The van der Waals surface area contributed by atoms with Crippen molar-refractivity contribution in [3.8, 4) is 0 Å². The van der Waals surface area contributed by atoms with Crippen LogP contribution in [0.1, 0.15) is 32.5 Å². The fourth-order valence-corrected chi connectivity index (χ4v) is 1.90. The molecule has 1 aromatic heterocycles. The third-order valence-electron chi connectivity index (χ3n) is 3.14. The summed E-state index contributed by atoms with van der Waals surface area (Å²) in [4.78, 5) is 6.64. The van der Waals surface area contributed by atoms with Crippen molar-refractivity contribution in [3.05, 3.63) is 18.2 Å². The summed E-state index contributed by atoms with van der Waals surface area (Å²) < 4.78 is 2.08. The second kappa shape index (κ2) is 8.27. The number of nitrogens with one attached hydrogen (secondary N) is 1. The van der Waals surface area contributed by atoms with Crippen LogP contribution >= 0.6 is 0 Å². The highest BCUT2D eigenvalue weighted by Gasteiger charge is 2.03. The molecule has 0 spiro atoms. The fourth-order valence-electron chi connectivity index (χ4n) is 1.90. The van der Waals surface area contributed by atoms with Gasteiger partial charge in [-0.15, -0.1) is 0 Å². The van der Waals surface area contributed by atoms with Gasteiger partial charge in [-0.05, 0) is 32.4 Å². The van der Waals surface area contributed by atoms with E-state index in [9.17, 15) is 0 Å². The minimum Gasteiger partial charge on any atom is -0.337 e. The molecule has 104 valence electrons. The molecule has 0 fully saturated rings. The van der Waals surface area contributed by atoms with Crippen LogP contribution in [-0.4, -0.2) is 41.1 Å². The zero-order valence-corrected chi connectivity index (χ0v) is 12.3. The highest BCUT2D eigenvalue weighted by Crippen LogP contribution is 2.01. The lowest BCUT2D eigenvalue weighted by Gasteiger charge is -2.16. The van der Waals surface area contributed by atoms with Crippen molar-refractivity contribution >= 4 is 0 Å². The third-order valence-corrected chi connectivity index (χ3v) is 3.14. The van der Waals surface area contributed by atoms with Gasteiger partial charge in [-0.25, -0.2) is 4.98 Å². The van der Waals surface area contributed by atoms with E-state index in [0.717, 1.165) is 37.9 Å². The van der Waals surface area contributed by atoms with Crippen LogP contribution in [0.4, 0.5) is 0 Å². The molecule has 4 heteroatoms. The van der Waals surface area contributed by atoms with Gasteiger partial charge in [0.2, 0.25) is 0 Å². The SMILES string of the molecule is CC(C)CCCNCCN(C)Cc1nccn1C. The molecule has 0 atom stereocenters. The van der Waals surface area contributed by atoms with E-state index in [1.165, 1.54) is 12.8 Å². The van der Waals surface area contributed by atoms with Gasteiger partial charge < -0.3 is 9.88 Å². The van der Waals surface area contributed by atoms with Gasteiger partial charge in [0.05, 0.1) is 6.54 Å². The summed E-state index contributed by atoms with van der Waals surface area (Å²) in [5.74, 6) is 1.94. The Kier molecular flexibility index (Phi) is 6.98.